The van der Waals surface area contributed by atoms with Crippen molar-refractivity contribution in [2.24, 2.45) is 5.10 Å². The molecule has 0 radical (unpaired) electrons. The van der Waals surface area contributed by atoms with Crippen LogP contribution < -0.4 is 5.43 Å². The fraction of sp³-hybridized carbons (Fsp3) is 0.333. The van der Waals surface area contributed by atoms with Crippen LogP contribution >= 0.6 is 0 Å². The lowest BCUT2D eigenvalue weighted by molar-refractivity contribution is -0.121. The summed E-state index contributed by atoms with van der Waals surface area (Å²) in [6.07, 6.45) is 1.23. The van der Waals surface area contributed by atoms with E-state index in [9.17, 15) is 4.79 Å². The molecule has 0 bridgehead atoms. The molecular weight excluding hydrogens is 188 g/mol. The van der Waals surface area contributed by atoms with Gasteiger partial charge in [-0.3, -0.25) is 4.79 Å². The maximum absolute atomic E-state index is 11.3. The van der Waals surface area contributed by atoms with E-state index in [0.717, 1.165) is 12.1 Å². The predicted molar refractivity (Wildman–Crippen MR) is 61.7 cm³/mol. The standard InChI is InChI=1S/C12H16N2O/c1-10(2)13-14-12(15)9-8-11-6-4-3-5-7-11/h3-7H,8-9H2,1-2H3,(H,14,15). The van der Waals surface area contributed by atoms with E-state index < -0.39 is 0 Å². The van der Waals surface area contributed by atoms with Gasteiger partial charge in [0.1, 0.15) is 0 Å². The van der Waals surface area contributed by atoms with E-state index in [1.54, 1.807) is 0 Å². The normalized spacial score (nSPS) is 9.47. The highest BCUT2D eigenvalue weighted by atomic mass is 16.2. The summed E-state index contributed by atoms with van der Waals surface area (Å²) in [4.78, 5) is 11.3. The number of hydrazone groups is 1. The third-order valence-electron chi connectivity index (χ3n) is 1.89. The number of aryl methyl sites for hydroxylation is 1. The minimum absolute atomic E-state index is 0.0416. The Bertz CT molecular complexity index is 340. The van der Waals surface area contributed by atoms with Crippen LogP contribution in [0.2, 0.25) is 0 Å². The number of carbonyl (C=O) groups excluding carboxylic acids is 1. The summed E-state index contributed by atoms with van der Waals surface area (Å²) < 4.78 is 0. The number of hydrogen-bond acceptors (Lipinski definition) is 2. The summed E-state index contributed by atoms with van der Waals surface area (Å²) >= 11 is 0. The van der Waals surface area contributed by atoms with E-state index in [-0.39, 0.29) is 5.91 Å². The maximum Gasteiger partial charge on any atom is 0.240 e. The van der Waals surface area contributed by atoms with E-state index in [1.807, 2.05) is 44.2 Å². The Morgan fingerprint density at radius 2 is 1.93 bits per heavy atom. The molecule has 0 aromatic heterocycles. The minimum atomic E-state index is -0.0416. The summed E-state index contributed by atoms with van der Waals surface area (Å²) in [7, 11) is 0. The summed E-state index contributed by atoms with van der Waals surface area (Å²) in [6, 6.07) is 9.95. The van der Waals surface area contributed by atoms with Crippen molar-refractivity contribution in [1.82, 2.24) is 5.43 Å². The van der Waals surface area contributed by atoms with Crippen LogP contribution in [-0.4, -0.2) is 11.6 Å². The number of hydrogen-bond donors (Lipinski definition) is 1. The van der Waals surface area contributed by atoms with Gasteiger partial charge in [0, 0.05) is 12.1 Å². The molecule has 1 rings (SSSR count). The first-order valence-corrected chi connectivity index (χ1v) is 5.02. The minimum Gasteiger partial charge on any atom is -0.273 e. The van der Waals surface area contributed by atoms with Crippen molar-refractivity contribution in [2.45, 2.75) is 26.7 Å². The van der Waals surface area contributed by atoms with Gasteiger partial charge in [0.25, 0.3) is 0 Å². The number of nitrogens with zero attached hydrogens (tertiary/aromatic N) is 1. The fourth-order valence-electron chi connectivity index (χ4n) is 1.13. The topological polar surface area (TPSA) is 41.5 Å². The van der Waals surface area contributed by atoms with E-state index in [1.165, 1.54) is 5.56 Å². The zero-order valence-corrected chi connectivity index (χ0v) is 9.16. The Morgan fingerprint density at radius 1 is 1.27 bits per heavy atom. The first-order chi connectivity index (χ1) is 7.18. The van der Waals surface area contributed by atoms with Crippen molar-refractivity contribution < 1.29 is 4.79 Å². The van der Waals surface area contributed by atoms with Gasteiger partial charge in [0.05, 0.1) is 0 Å². The van der Waals surface area contributed by atoms with Gasteiger partial charge in [-0.25, -0.2) is 5.43 Å². The molecule has 0 aliphatic carbocycles. The fourth-order valence-corrected chi connectivity index (χ4v) is 1.13. The van der Waals surface area contributed by atoms with Crippen LogP contribution in [0.1, 0.15) is 25.8 Å². The predicted octanol–water partition coefficient (Wildman–Crippen LogP) is 2.13. The summed E-state index contributed by atoms with van der Waals surface area (Å²) in [5, 5.41) is 3.85. The van der Waals surface area contributed by atoms with Gasteiger partial charge in [0.2, 0.25) is 5.91 Å². The lowest BCUT2D eigenvalue weighted by atomic mass is 10.1. The molecule has 0 atom stereocenters. The van der Waals surface area contributed by atoms with Crippen LogP contribution in [0.5, 0.6) is 0 Å². The van der Waals surface area contributed by atoms with Gasteiger partial charge in [-0.05, 0) is 25.8 Å². The zero-order chi connectivity index (χ0) is 11.1. The molecule has 3 heteroatoms. The van der Waals surface area contributed by atoms with Gasteiger partial charge >= 0.3 is 0 Å². The second kappa shape index (κ2) is 5.96. The molecule has 1 N–H and O–H groups in total. The summed E-state index contributed by atoms with van der Waals surface area (Å²) in [5.41, 5.74) is 4.52. The molecule has 0 aliphatic rings. The van der Waals surface area contributed by atoms with Crippen LogP contribution in [0.4, 0.5) is 0 Å². The Balaban J connectivity index is 2.32. The Kier molecular flexibility index (Phi) is 4.54. The molecule has 3 nitrogen and oxygen atoms in total. The lowest BCUT2D eigenvalue weighted by Gasteiger charge is -2.00. The van der Waals surface area contributed by atoms with Gasteiger partial charge in [0.15, 0.2) is 0 Å². The Labute approximate surface area is 90.2 Å². The molecular formula is C12H16N2O. The molecule has 1 aromatic rings. The smallest absolute Gasteiger partial charge is 0.240 e. The summed E-state index contributed by atoms with van der Waals surface area (Å²) in [5.74, 6) is -0.0416. The summed E-state index contributed by atoms with van der Waals surface area (Å²) in [6.45, 7) is 3.69. The number of rotatable bonds is 4. The van der Waals surface area contributed by atoms with Gasteiger partial charge in [-0.1, -0.05) is 30.3 Å². The molecule has 1 amide bonds. The molecule has 1 aromatic carbocycles. The van der Waals surface area contributed by atoms with Crippen LogP contribution in [0.25, 0.3) is 0 Å². The van der Waals surface area contributed by atoms with Crippen LogP contribution in [-0.2, 0) is 11.2 Å². The van der Waals surface area contributed by atoms with Crippen molar-refractivity contribution in [2.75, 3.05) is 0 Å². The van der Waals surface area contributed by atoms with Crippen molar-refractivity contribution in [1.29, 1.82) is 0 Å². The highest BCUT2D eigenvalue weighted by molar-refractivity contribution is 5.82. The molecule has 0 spiro atoms. The first-order valence-electron chi connectivity index (χ1n) is 5.02. The zero-order valence-electron chi connectivity index (χ0n) is 9.16. The third-order valence-corrected chi connectivity index (χ3v) is 1.89. The van der Waals surface area contributed by atoms with Gasteiger partial charge in [-0.15, -0.1) is 0 Å². The Hall–Kier alpha value is -1.64. The Morgan fingerprint density at radius 3 is 2.53 bits per heavy atom. The van der Waals surface area contributed by atoms with Crippen LogP contribution in [0.15, 0.2) is 35.4 Å². The third kappa shape index (κ3) is 4.96. The largest absolute Gasteiger partial charge is 0.273 e. The molecule has 0 heterocycles. The quantitative estimate of drug-likeness (QED) is 0.592. The molecule has 0 saturated carbocycles. The second-order valence-electron chi connectivity index (χ2n) is 3.58. The van der Waals surface area contributed by atoms with Crippen LogP contribution in [0, 0.1) is 0 Å². The molecule has 15 heavy (non-hydrogen) atoms. The number of carbonyl (C=O) groups is 1. The number of amides is 1. The van der Waals surface area contributed by atoms with Crippen molar-refractivity contribution in [3.05, 3.63) is 35.9 Å². The molecule has 0 saturated heterocycles. The van der Waals surface area contributed by atoms with E-state index in [0.29, 0.717) is 6.42 Å². The molecule has 0 aliphatic heterocycles. The van der Waals surface area contributed by atoms with Crippen molar-refractivity contribution in [3.63, 3.8) is 0 Å². The van der Waals surface area contributed by atoms with E-state index in [4.69, 9.17) is 0 Å². The lowest BCUT2D eigenvalue weighted by Crippen LogP contribution is -2.18. The van der Waals surface area contributed by atoms with Gasteiger partial charge < -0.3 is 0 Å². The SMILES string of the molecule is CC(C)=NNC(=O)CCc1ccccc1. The average molecular weight is 204 g/mol. The van der Waals surface area contributed by atoms with Crippen LogP contribution in [0.3, 0.4) is 0 Å². The second-order valence-corrected chi connectivity index (χ2v) is 3.58. The monoisotopic (exact) mass is 204 g/mol. The maximum atomic E-state index is 11.3. The number of nitrogens with one attached hydrogen (secondary N) is 1. The highest BCUT2D eigenvalue weighted by Crippen LogP contribution is 2.01. The average Bonchev–Trinajstić information content (AvgIpc) is 2.25. The number of benzene rings is 1. The van der Waals surface area contributed by atoms with E-state index >= 15 is 0 Å². The highest BCUT2D eigenvalue weighted by Gasteiger charge is 2.00. The van der Waals surface area contributed by atoms with Crippen molar-refractivity contribution in [3.8, 4) is 0 Å². The molecule has 0 fully saturated rings. The van der Waals surface area contributed by atoms with E-state index in [2.05, 4.69) is 10.5 Å². The molecule has 80 valence electrons. The van der Waals surface area contributed by atoms with Crippen molar-refractivity contribution >= 4 is 11.6 Å². The van der Waals surface area contributed by atoms with Gasteiger partial charge in [-0.2, -0.15) is 5.10 Å². The first kappa shape index (κ1) is 11.4. The molecule has 0 unspecified atom stereocenters.